The summed E-state index contributed by atoms with van der Waals surface area (Å²) in [6.45, 7) is 2.04. The van der Waals surface area contributed by atoms with Gasteiger partial charge in [-0.05, 0) is 37.3 Å². The Bertz CT molecular complexity index is 737. The lowest BCUT2D eigenvalue weighted by Gasteiger charge is -2.08. The summed E-state index contributed by atoms with van der Waals surface area (Å²) in [5.41, 5.74) is 0.445. The van der Waals surface area contributed by atoms with E-state index in [1.54, 1.807) is 18.2 Å². The van der Waals surface area contributed by atoms with E-state index in [0.717, 1.165) is 18.9 Å². The van der Waals surface area contributed by atoms with Crippen LogP contribution < -0.4 is 10.9 Å². The van der Waals surface area contributed by atoms with Crippen LogP contribution in [0.2, 0.25) is 0 Å². The standard InChI is InChI=1S/C17H21N3O3/c21-16(18-8-3-9-23-11-13-6-7-13)10-20-12-19-15-5-2-1-4-14(15)17(20)22/h1-2,4-5,12-13H,3,6-11H2,(H,18,21). The number of hydrogen-bond donors (Lipinski definition) is 1. The first kappa shape index (κ1) is 15.7. The number of amides is 1. The second kappa shape index (κ2) is 7.37. The van der Waals surface area contributed by atoms with Gasteiger partial charge in [0.2, 0.25) is 5.91 Å². The van der Waals surface area contributed by atoms with Gasteiger partial charge in [-0.25, -0.2) is 4.98 Å². The van der Waals surface area contributed by atoms with Crippen LogP contribution in [0.4, 0.5) is 0 Å². The zero-order valence-electron chi connectivity index (χ0n) is 13.0. The van der Waals surface area contributed by atoms with Crippen LogP contribution >= 0.6 is 0 Å². The number of benzene rings is 1. The molecule has 1 saturated carbocycles. The van der Waals surface area contributed by atoms with Crippen LogP contribution in [-0.4, -0.2) is 35.2 Å². The van der Waals surface area contributed by atoms with E-state index >= 15 is 0 Å². The van der Waals surface area contributed by atoms with Crippen molar-refractivity contribution in [2.24, 2.45) is 5.92 Å². The molecule has 0 atom stereocenters. The largest absolute Gasteiger partial charge is 0.381 e. The second-order valence-electron chi connectivity index (χ2n) is 5.92. The Balaban J connectivity index is 1.45. The minimum Gasteiger partial charge on any atom is -0.381 e. The quantitative estimate of drug-likeness (QED) is 0.746. The van der Waals surface area contributed by atoms with Crippen LogP contribution in [0.3, 0.4) is 0 Å². The minimum absolute atomic E-state index is 0.0143. The first-order valence-corrected chi connectivity index (χ1v) is 8.02. The molecule has 6 heteroatoms. The van der Waals surface area contributed by atoms with E-state index in [1.807, 2.05) is 6.07 Å². The van der Waals surface area contributed by atoms with Crippen molar-refractivity contribution >= 4 is 16.8 Å². The molecule has 1 amide bonds. The van der Waals surface area contributed by atoms with Crippen molar-refractivity contribution < 1.29 is 9.53 Å². The number of nitrogens with one attached hydrogen (secondary N) is 1. The van der Waals surface area contributed by atoms with Crippen LogP contribution in [0.15, 0.2) is 35.4 Å². The normalized spacial score (nSPS) is 14.1. The van der Waals surface area contributed by atoms with Crippen molar-refractivity contribution in [2.75, 3.05) is 19.8 Å². The second-order valence-corrected chi connectivity index (χ2v) is 5.92. The number of carbonyl (C=O) groups excluding carboxylic acids is 1. The maximum atomic E-state index is 12.3. The van der Waals surface area contributed by atoms with Crippen molar-refractivity contribution in [3.05, 3.63) is 40.9 Å². The van der Waals surface area contributed by atoms with Gasteiger partial charge in [0.25, 0.3) is 5.56 Å². The molecule has 0 unspecified atom stereocenters. The highest BCUT2D eigenvalue weighted by atomic mass is 16.5. The number of para-hydroxylation sites is 1. The van der Waals surface area contributed by atoms with E-state index in [2.05, 4.69) is 10.3 Å². The lowest BCUT2D eigenvalue weighted by molar-refractivity contribution is -0.121. The average molecular weight is 315 g/mol. The summed E-state index contributed by atoms with van der Waals surface area (Å²) >= 11 is 0. The summed E-state index contributed by atoms with van der Waals surface area (Å²) in [4.78, 5) is 28.4. The summed E-state index contributed by atoms with van der Waals surface area (Å²) in [6.07, 6.45) is 4.77. The molecule has 6 nitrogen and oxygen atoms in total. The van der Waals surface area contributed by atoms with Gasteiger partial charge in [0.15, 0.2) is 0 Å². The van der Waals surface area contributed by atoms with E-state index in [9.17, 15) is 9.59 Å². The lowest BCUT2D eigenvalue weighted by Crippen LogP contribution is -2.33. The molecule has 1 heterocycles. The lowest BCUT2D eigenvalue weighted by atomic mass is 10.2. The Kier molecular flexibility index (Phi) is 5.02. The smallest absolute Gasteiger partial charge is 0.261 e. The first-order valence-electron chi connectivity index (χ1n) is 8.02. The Morgan fingerprint density at radius 3 is 3.00 bits per heavy atom. The zero-order chi connectivity index (χ0) is 16.1. The fourth-order valence-corrected chi connectivity index (χ4v) is 2.37. The monoisotopic (exact) mass is 315 g/mol. The van der Waals surface area contributed by atoms with Crippen molar-refractivity contribution in [3.63, 3.8) is 0 Å². The fraction of sp³-hybridized carbons (Fsp3) is 0.471. The molecule has 1 fully saturated rings. The predicted molar refractivity (Wildman–Crippen MR) is 87.2 cm³/mol. The first-order chi connectivity index (χ1) is 11.2. The van der Waals surface area contributed by atoms with Gasteiger partial charge in [-0.3, -0.25) is 14.2 Å². The molecule has 0 radical (unpaired) electrons. The van der Waals surface area contributed by atoms with Crippen LogP contribution in [0.1, 0.15) is 19.3 Å². The third-order valence-corrected chi connectivity index (χ3v) is 3.88. The molecule has 0 bridgehead atoms. The Labute approximate surface area is 134 Å². The van der Waals surface area contributed by atoms with Crippen LogP contribution in [0.25, 0.3) is 10.9 Å². The number of nitrogens with zero attached hydrogens (tertiary/aromatic N) is 2. The number of fused-ring (bicyclic) bond motifs is 1. The SMILES string of the molecule is O=C(Cn1cnc2ccccc2c1=O)NCCCOCC1CC1. The summed E-state index contributed by atoms with van der Waals surface area (Å²) in [5, 5.41) is 3.33. The maximum Gasteiger partial charge on any atom is 0.261 e. The summed E-state index contributed by atoms with van der Waals surface area (Å²) in [6, 6.07) is 7.12. The van der Waals surface area contributed by atoms with E-state index in [0.29, 0.717) is 24.1 Å². The molecule has 1 aromatic heterocycles. The Morgan fingerprint density at radius 2 is 2.17 bits per heavy atom. The van der Waals surface area contributed by atoms with E-state index in [4.69, 9.17) is 4.74 Å². The zero-order valence-corrected chi connectivity index (χ0v) is 13.0. The minimum atomic E-state index is -0.196. The molecule has 1 aliphatic rings. The van der Waals surface area contributed by atoms with E-state index in [1.165, 1.54) is 23.7 Å². The molecule has 1 aliphatic carbocycles. The molecule has 1 N–H and O–H groups in total. The molecule has 0 saturated heterocycles. The molecule has 0 aliphatic heterocycles. The highest BCUT2D eigenvalue weighted by molar-refractivity contribution is 5.78. The van der Waals surface area contributed by atoms with Crippen molar-refractivity contribution in [1.29, 1.82) is 0 Å². The van der Waals surface area contributed by atoms with Gasteiger partial charge in [0, 0.05) is 19.8 Å². The van der Waals surface area contributed by atoms with Gasteiger partial charge in [0.05, 0.1) is 17.2 Å². The van der Waals surface area contributed by atoms with E-state index < -0.39 is 0 Å². The van der Waals surface area contributed by atoms with Crippen LogP contribution in [0, 0.1) is 5.92 Å². The van der Waals surface area contributed by atoms with Crippen LogP contribution in [0.5, 0.6) is 0 Å². The highest BCUT2D eigenvalue weighted by Crippen LogP contribution is 2.28. The van der Waals surface area contributed by atoms with Crippen LogP contribution in [-0.2, 0) is 16.1 Å². The molecule has 23 heavy (non-hydrogen) atoms. The topological polar surface area (TPSA) is 73.2 Å². The average Bonchev–Trinajstić information content (AvgIpc) is 3.38. The van der Waals surface area contributed by atoms with Gasteiger partial charge >= 0.3 is 0 Å². The predicted octanol–water partition coefficient (Wildman–Crippen LogP) is 1.33. The highest BCUT2D eigenvalue weighted by Gasteiger charge is 2.20. The summed E-state index contributed by atoms with van der Waals surface area (Å²) in [5.74, 6) is 0.572. The number of carbonyl (C=O) groups is 1. The number of hydrogen-bond acceptors (Lipinski definition) is 4. The number of ether oxygens (including phenoxy) is 1. The number of rotatable bonds is 8. The van der Waals surface area contributed by atoms with Gasteiger partial charge in [-0.15, -0.1) is 0 Å². The molecule has 3 rings (SSSR count). The Morgan fingerprint density at radius 1 is 1.35 bits per heavy atom. The molecule has 122 valence electrons. The van der Waals surface area contributed by atoms with Crippen molar-refractivity contribution in [2.45, 2.75) is 25.8 Å². The van der Waals surface area contributed by atoms with Crippen molar-refractivity contribution in [1.82, 2.24) is 14.9 Å². The van der Waals surface area contributed by atoms with Crippen molar-refractivity contribution in [3.8, 4) is 0 Å². The summed E-state index contributed by atoms with van der Waals surface area (Å²) < 4.78 is 6.84. The molecule has 1 aromatic carbocycles. The molecular formula is C17H21N3O3. The summed E-state index contributed by atoms with van der Waals surface area (Å²) in [7, 11) is 0. The fourth-order valence-electron chi connectivity index (χ4n) is 2.37. The van der Waals surface area contributed by atoms with Gasteiger partial charge in [-0.1, -0.05) is 12.1 Å². The van der Waals surface area contributed by atoms with Gasteiger partial charge in [-0.2, -0.15) is 0 Å². The molecule has 2 aromatic rings. The van der Waals surface area contributed by atoms with Gasteiger partial charge < -0.3 is 10.1 Å². The van der Waals surface area contributed by atoms with Gasteiger partial charge in [0.1, 0.15) is 6.54 Å². The third kappa shape index (κ3) is 4.39. The Hall–Kier alpha value is -2.21. The maximum absolute atomic E-state index is 12.3. The molecule has 0 spiro atoms. The molecular weight excluding hydrogens is 294 g/mol. The third-order valence-electron chi connectivity index (χ3n) is 3.88. The van der Waals surface area contributed by atoms with E-state index in [-0.39, 0.29) is 18.0 Å². The number of aromatic nitrogens is 2.